The fourth-order valence-corrected chi connectivity index (χ4v) is 3.20. The molecule has 2 heterocycles. The van der Waals surface area contributed by atoms with Crippen molar-refractivity contribution in [1.29, 1.82) is 0 Å². The highest BCUT2D eigenvalue weighted by Gasteiger charge is 2.29. The highest BCUT2D eigenvalue weighted by molar-refractivity contribution is 5.92. The molecule has 2 aromatic rings. The van der Waals surface area contributed by atoms with Gasteiger partial charge < -0.3 is 9.64 Å². The van der Waals surface area contributed by atoms with Crippen molar-refractivity contribution in [2.24, 2.45) is 0 Å². The summed E-state index contributed by atoms with van der Waals surface area (Å²) in [5.41, 5.74) is 2.52. The number of aromatic nitrogens is 1. The molecule has 0 spiro atoms. The third-order valence-corrected chi connectivity index (χ3v) is 4.82. The molecule has 3 rings (SSSR count). The van der Waals surface area contributed by atoms with Gasteiger partial charge in [-0.3, -0.25) is 9.78 Å². The minimum absolute atomic E-state index is 0.0694. The van der Waals surface area contributed by atoms with E-state index in [1.807, 2.05) is 19.2 Å². The predicted molar refractivity (Wildman–Crippen MR) is 93.8 cm³/mol. The molecule has 4 nitrogen and oxygen atoms in total. The first-order chi connectivity index (χ1) is 12.1. The Bertz CT molecular complexity index is 733. The molecule has 1 amide bonds. The van der Waals surface area contributed by atoms with Gasteiger partial charge in [-0.1, -0.05) is 19.1 Å². The summed E-state index contributed by atoms with van der Waals surface area (Å²) in [6.07, 6.45) is 3.92. The van der Waals surface area contributed by atoms with E-state index in [2.05, 4.69) is 11.9 Å². The van der Waals surface area contributed by atoms with Crippen LogP contribution >= 0.6 is 0 Å². The Morgan fingerprint density at radius 1 is 1.32 bits per heavy atom. The van der Waals surface area contributed by atoms with Gasteiger partial charge in [0.15, 0.2) is 0 Å². The molecule has 0 unspecified atom stereocenters. The van der Waals surface area contributed by atoms with Gasteiger partial charge in [-0.2, -0.15) is 0 Å². The first kappa shape index (κ1) is 17.5. The van der Waals surface area contributed by atoms with E-state index < -0.39 is 0 Å². The van der Waals surface area contributed by atoms with Crippen LogP contribution in [-0.4, -0.2) is 35.5 Å². The van der Waals surface area contributed by atoms with E-state index in [1.165, 1.54) is 12.1 Å². The third-order valence-electron chi connectivity index (χ3n) is 4.82. The monoisotopic (exact) mass is 342 g/mol. The second-order valence-corrected chi connectivity index (χ2v) is 6.41. The van der Waals surface area contributed by atoms with Crippen molar-refractivity contribution in [2.75, 3.05) is 13.7 Å². The molecule has 0 bridgehead atoms. The maximum absolute atomic E-state index is 13.1. The van der Waals surface area contributed by atoms with Gasteiger partial charge in [-0.25, -0.2) is 4.39 Å². The zero-order chi connectivity index (χ0) is 17.8. The summed E-state index contributed by atoms with van der Waals surface area (Å²) in [7, 11) is 1.82. The number of benzene rings is 1. The van der Waals surface area contributed by atoms with E-state index in [4.69, 9.17) is 4.74 Å². The molecular formula is C20H23FN2O2. The average molecular weight is 342 g/mol. The molecule has 0 saturated carbocycles. The van der Waals surface area contributed by atoms with Crippen LogP contribution in [0.1, 0.15) is 47.5 Å². The van der Waals surface area contributed by atoms with Crippen LogP contribution in [0.4, 0.5) is 4.39 Å². The fourth-order valence-electron chi connectivity index (χ4n) is 3.20. The van der Waals surface area contributed by atoms with Crippen LogP contribution in [-0.2, 0) is 11.2 Å². The minimum atomic E-state index is -0.259. The molecule has 132 valence electrons. The number of hydrogen-bond acceptors (Lipinski definition) is 3. The SMILES string of the molecule is CCc1ccnc(C(=O)N(C)[C@@H]2CCO[C@H](c3ccc(F)cc3)C2)c1. The molecule has 25 heavy (non-hydrogen) atoms. The van der Waals surface area contributed by atoms with Crippen molar-refractivity contribution in [2.45, 2.75) is 38.3 Å². The lowest BCUT2D eigenvalue weighted by molar-refractivity contribution is -0.0198. The number of halogens is 1. The molecule has 2 atom stereocenters. The fraction of sp³-hybridized carbons (Fsp3) is 0.400. The first-order valence-corrected chi connectivity index (χ1v) is 8.67. The highest BCUT2D eigenvalue weighted by Crippen LogP contribution is 2.30. The van der Waals surface area contributed by atoms with Crippen LogP contribution in [0.15, 0.2) is 42.6 Å². The quantitative estimate of drug-likeness (QED) is 0.849. The number of carbonyl (C=O) groups excluding carboxylic acids is 1. The van der Waals surface area contributed by atoms with Crippen molar-refractivity contribution < 1.29 is 13.9 Å². The van der Waals surface area contributed by atoms with Crippen LogP contribution in [0.25, 0.3) is 0 Å². The number of carbonyl (C=O) groups is 1. The van der Waals surface area contributed by atoms with Gasteiger partial charge in [0.1, 0.15) is 11.5 Å². The van der Waals surface area contributed by atoms with Crippen LogP contribution < -0.4 is 0 Å². The third kappa shape index (κ3) is 4.04. The summed E-state index contributed by atoms with van der Waals surface area (Å²) in [4.78, 5) is 18.8. The molecule has 1 fully saturated rings. The second kappa shape index (κ2) is 7.74. The van der Waals surface area contributed by atoms with Gasteiger partial charge in [0.2, 0.25) is 0 Å². The number of amides is 1. The van der Waals surface area contributed by atoms with E-state index in [0.29, 0.717) is 18.7 Å². The number of nitrogens with zero attached hydrogens (tertiary/aromatic N) is 2. The molecule has 1 saturated heterocycles. The van der Waals surface area contributed by atoms with Gasteiger partial charge in [-0.05, 0) is 54.7 Å². The lowest BCUT2D eigenvalue weighted by Gasteiger charge is -2.35. The van der Waals surface area contributed by atoms with E-state index in [1.54, 1.807) is 23.2 Å². The van der Waals surface area contributed by atoms with Crippen molar-refractivity contribution in [1.82, 2.24) is 9.88 Å². The largest absolute Gasteiger partial charge is 0.373 e. The molecule has 5 heteroatoms. The summed E-state index contributed by atoms with van der Waals surface area (Å²) in [6, 6.07) is 10.2. The summed E-state index contributed by atoms with van der Waals surface area (Å²) in [5.74, 6) is -0.328. The van der Waals surface area contributed by atoms with Gasteiger partial charge in [0.05, 0.1) is 6.10 Å². The molecule has 0 radical (unpaired) electrons. The van der Waals surface area contributed by atoms with E-state index >= 15 is 0 Å². The highest BCUT2D eigenvalue weighted by atomic mass is 19.1. The second-order valence-electron chi connectivity index (χ2n) is 6.41. The van der Waals surface area contributed by atoms with Crippen LogP contribution in [0.3, 0.4) is 0 Å². The number of pyridine rings is 1. The first-order valence-electron chi connectivity index (χ1n) is 8.67. The van der Waals surface area contributed by atoms with Crippen LogP contribution in [0.5, 0.6) is 0 Å². The van der Waals surface area contributed by atoms with Gasteiger partial charge in [0, 0.05) is 25.9 Å². The molecule has 0 N–H and O–H groups in total. The number of hydrogen-bond donors (Lipinski definition) is 0. The Hall–Kier alpha value is -2.27. The Labute approximate surface area is 147 Å². The lowest BCUT2D eigenvalue weighted by atomic mass is 9.96. The standard InChI is InChI=1S/C20H23FN2O2/c1-3-14-8-10-22-18(12-14)20(24)23(2)17-9-11-25-19(13-17)15-4-6-16(21)7-5-15/h4-8,10,12,17,19H,3,9,11,13H2,1-2H3/t17-,19+/m1/s1. The smallest absolute Gasteiger partial charge is 0.272 e. The maximum Gasteiger partial charge on any atom is 0.272 e. The average Bonchev–Trinajstić information content (AvgIpc) is 2.67. The zero-order valence-electron chi connectivity index (χ0n) is 14.6. The van der Waals surface area contributed by atoms with E-state index in [0.717, 1.165) is 24.0 Å². The molecule has 1 aliphatic heterocycles. The van der Waals surface area contributed by atoms with Crippen LogP contribution in [0.2, 0.25) is 0 Å². The van der Waals surface area contributed by atoms with E-state index in [9.17, 15) is 9.18 Å². The van der Waals surface area contributed by atoms with Gasteiger partial charge in [0.25, 0.3) is 5.91 Å². The van der Waals surface area contributed by atoms with Crippen molar-refractivity contribution in [3.63, 3.8) is 0 Å². The predicted octanol–water partition coefficient (Wildman–Crippen LogP) is 3.78. The molecular weight excluding hydrogens is 319 g/mol. The van der Waals surface area contributed by atoms with Crippen LogP contribution in [0, 0.1) is 5.82 Å². The summed E-state index contributed by atoms with van der Waals surface area (Å²) < 4.78 is 18.9. The molecule has 1 aromatic heterocycles. The Balaban J connectivity index is 1.71. The van der Waals surface area contributed by atoms with Gasteiger partial charge in [-0.15, -0.1) is 0 Å². The Morgan fingerprint density at radius 3 is 2.80 bits per heavy atom. The number of ether oxygens (including phenoxy) is 1. The molecule has 1 aliphatic rings. The van der Waals surface area contributed by atoms with Gasteiger partial charge >= 0.3 is 0 Å². The zero-order valence-corrected chi connectivity index (χ0v) is 14.6. The topological polar surface area (TPSA) is 42.4 Å². The number of rotatable bonds is 4. The van der Waals surface area contributed by atoms with Crippen molar-refractivity contribution in [3.8, 4) is 0 Å². The summed E-state index contributed by atoms with van der Waals surface area (Å²) in [5, 5.41) is 0. The minimum Gasteiger partial charge on any atom is -0.373 e. The number of aryl methyl sites for hydroxylation is 1. The van der Waals surface area contributed by atoms with Crippen molar-refractivity contribution in [3.05, 3.63) is 65.2 Å². The normalized spacial score (nSPS) is 20.3. The maximum atomic E-state index is 13.1. The molecule has 0 aliphatic carbocycles. The van der Waals surface area contributed by atoms with Crippen molar-refractivity contribution >= 4 is 5.91 Å². The Morgan fingerprint density at radius 2 is 2.08 bits per heavy atom. The van der Waals surface area contributed by atoms with E-state index in [-0.39, 0.29) is 23.9 Å². The summed E-state index contributed by atoms with van der Waals surface area (Å²) >= 11 is 0. The Kier molecular flexibility index (Phi) is 5.43. The molecule has 1 aromatic carbocycles. The summed E-state index contributed by atoms with van der Waals surface area (Å²) in [6.45, 7) is 2.63. The lowest BCUT2D eigenvalue weighted by Crippen LogP contribution is -2.41.